The molecular weight excluding hydrogens is 405 g/mol. The van der Waals surface area contributed by atoms with Crippen molar-refractivity contribution in [3.8, 4) is 0 Å². The van der Waals surface area contributed by atoms with Gasteiger partial charge in [-0.15, -0.1) is 11.3 Å². The van der Waals surface area contributed by atoms with E-state index in [1.807, 2.05) is 0 Å². The molecule has 30 heavy (non-hydrogen) atoms. The molecule has 0 bridgehead atoms. The molecule has 1 aliphatic rings. The quantitative estimate of drug-likeness (QED) is 0.626. The van der Waals surface area contributed by atoms with Crippen molar-refractivity contribution in [3.05, 3.63) is 92.6 Å². The van der Waals surface area contributed by atoms with E-state index in [2.05, 4.69) is 9.97 Å². The number of pyridine rings is 1. The van der Waals surface area contributed by atoms with Crippen LogP contribution in [0.25, 0.3) is 0 Å². The summed E-state index contributed by atoms with van der Waals surface area (Å²) in [5.41, 5.74) is 1.20. The summed E-state index contributed by atoms with van der Waals surface area (Å²) in [4.78, 5) is 36.2. The minimum Gasteiger partial charge on any atom is -0.503 e. The number of rotatable bonds is 5. The first-order valence-corrected chi connectivity index (χ1v) is 10.1. The van der Waals surface area contributed by atoms with Gasteiger partial charge in [-0.25, -0.2) is 9.37 Å². The Morgan fingerprint density at radius 1 is 1.23 bits per heavy atom. The van der Waals surface area contributed by atoms with Crippen LogP contribution in [0.2, 0.25) is 0 Å². The molecular formula is C22H18FN3O3S. The van der Waals surface area contributed by atoms with Crippen LogP contribution in [0.3, 0.4) is 0 Å². The molecule has 1 aromatic carbocycles. The molecule has 0 aliphatic carbocycles. The summed E-state index contributed by atoms with van der Waals surface area (Å²) in [5.74, 6) is -2.48. The number of carbonyl (C=O) groups excluding carboxylic acids is 2. The zero-order valence-corrected chi connectivity index (χ0v) is 17.1. The van der Waals surface area contributed by atoms with E-state index in [0.717, 1.165) is 0 Å². The second-order valence-electron chi connectivity index (χ2n) is 6.96. The van der Waals surface area contributed by atoms with E-state index in [-0.39, 0.29) is 17.7 Å². The molecule has 1 atom stereocenters. The molecule has 0 saturated carbocycles. The van der Waals surface area contributed by atoms with Gasteiger partial charge in [-0.1, -0.05) is 24.3 Å². The first-order valence-electron chi connectivity index (χ1n) is 9.24. The van der Waals surface area contributed by atoms with Gasteiger partial charge in [0.25, 0.3) is 5.91 Å². The number of benzene rings is 1. The van der Waals surface area contributed by atoms with Crippen LogP contribution in [0.15, 0.2) is 60.1 Å². The van der Waals surface area contributed by atoms with Crippen molar-refractivity contribution >= 4 is 23.0 Å². The highest BCUT2D eigenvalue weighted by Crippen LogP contribution is 2.41. The van der Waals surface area contributed by atoms with Crippen molar-refractivity contribution in [1.82, 2.24) is 14.9 Å². The monoisotopic (exact) mass is 423 g/mol. The Bertz CT molecular complexity index is 1170. The Morgan fingerprint density at radius 2 is 2.00 bits per heavy atom. The number of halogens is 1. The van der Waals surface area contributed by atoms with E-state index < -0.39 is 29.3 Å². The number of aliphatic hydroxyl groups is 1. The largest absolute Gasteiger partial charge is 0.503 e. The third kappa shape index (κ3) is 3.39. The number of nitrogens with zero attached hydrogens (tertiary/aromatic N) is 3. The minimum absolute atomic E-state index is 0.0627. The van der Waals surface area contributed by atoms with E-state index >= 15 is 0 Å². The number of aryl methyl sites for hydroxylation is 2. The Kier molecular flexibility index (Phi) is 5.17. The molecule has 0 saturated heterocycles. The summed E-state index contributed by atoms with van der Waals surface area (Å²) in [6.45, 7) is 3.52. The third-order valence-corrected chi connectivity index (χ3v) is 6.01. The highest BCUT2D eigenvalue weighted by Gasteiger charge is 2.45. The van der Waals surface area contributed by atoms with Gasteiger partial charge in [0.15, 0.2) is 5.76 Å². The van der Waals surface area contributed by atoms with Gasteiger partial charge < -0.3 is 10.0 Å². The van der Waals surface area contributed by atoms with Crippen molar-refractivity contribution in [2.75, 3.05) is 0 Å². The van der Waals surface area contributed by atoms with Crippen LogP contribution in [-0.2, 0) is 11.3 Å². The van der Waals surface area contributed by atoms with E-state index in [4.69, 9.17) is 0 Å². The van der Waals surface area contributed by atoms with Gasteiger partial charge in [-0.3, -0.25) is 14.6 Å². The maximum Gasteiger partial charge on any atom is 0.290 e. The lowest BCUT2D eigenvalue weighted by Crippen LogP contribution is -2.31. The second kappa shape index (κ2) is 7.79. The zero-order valence-electron chi connectivity index (χ0n) is 16.3. The Hall–Kier alpha value is -3.39. The van der Waals surface area contributed by atoms with Gasteiger partial charge in [-0.05, 0) is 31.5 Å². The number of ketones is 1. The number of aromatic nitrogens is 2. The summed E-state index contributed by atoms with van der Waals surface area (Å²) in [5, 5.41) is 11.4. The van der Waals surface area contributed by atoms with Crippen molar-refractivity contribution < 1.29 is 19.1 Å². The third-order valence-electron chi connectivity index (χ3n) is 4.93. The number of aliphatic hydroxyl groups excluding tert-OH is 1. The standard InChI is InChI=1S/C22H18FN3O3S/c1-12-21(30-13(2)25-12)19(27)17-18(15-7-3-4-8-16(15)23)26(22(29)20(17)28)11-14-6-5-9-24-10-14/h3-10,18,28H,11H2,1-2H3/t18-/m1/s1. The van der Waals surface area contributed by atoms with Crippen molar-refractivity contribution in [2.45, 2.75) is 26.4 Å². The van der Waals surface area contributed by atoms with E-state index in [1.54, 1.807) is 44.4 Å². The summed E-state index contributed by atoms with van der Waals surface area (Å²) >= 11 is 1.18. The van der Waals surface area contributed by atoms with Crippen LogP contribution in [0.1, 0.15) is 37.5 Å². The van der Waals surface area contributed by atoms with Gasteiger partial charge in [0.2, 0.25) is 5.78 Å². The molecule has 0 radical (unpaired) electrons. The van der Waals surface area contributed by atoms with Gasteiger partial charge in [0.05, 0.1) is 27.2 Å². The lowest BCUT2D eigenvalue weighted by atomic mass is 9.94. The molecule has 152 valence electrons. The van der Waals surface area contributed by atoms with Gasteiger partial charge in [-0.2, -0.15) is 0 Å². The Balaban J connectivity index is 1.84. The van der Waals surface area contributed by atoms with Crippen molar-refractivity contribution in [3.63, 3.8) is 0 Å². The lowest BCUT2D eigenvalue weighted by Gasteiger charge is -2.27. The van der Waals surface area contributed by atoms with Gasteiger partial charge in [0, 0.05) is 24.5 Å². The molecule has 2 aromatic heterocycles. The lowest BCUT2D eigenvalue weighted by molar-refractivity contribution is -0.130. The van der Waals surface area contributed by atoms with Gasteiger partial charge in [0.1, 0.15) is 5.82 Å². The number of Topliss-reactive ketones (excluding diaryl/α,β-unsaturated/α-hetero) is 1. The molecule has 6 nitrogen and oxygen atoms in total. The average molecular weight is 423 g/mol. The van der Waals surface area contributed by atoms with Crippen LogP contribution in [0, 0.1) is 19.7 Å². The van der Waals surface area contributed by atoms with Crippen LogP contribution in [0.4, 0.5) is 4.39 Å². The second-order valence-corrected chi connectivity index (χ2v) is 8.16. The normalized spacial score (nSPS) is 16.4. The molecule has 0 fully saturated rings. The molecule has 4 rings (SSSR count). The topological polar surface area (TPSA) is 83.4 Å². The van der Waals surface area contributed by atoms with E-state index in [1.165, 1.54) is 34.4 Å². The van der Waals surface area contributed by atoms with Crippen molar-refractivity contribution in [2.24, 2.45) is 0 Å². The van der Waals surface area contributed by atoms with E-state index in [0.29, 0.717) is 21.1 Å². The van der Waals surface area contributed by atoms with E-state index in [9.17, 15) is 19.1 Å². The number of hydrogen-bond donors (Lipinski definition) is 1. The first-order chi connectivity index (χ1) is 14.4. The highest BCUT2D eigenvalue weighted by atomic mass is 32.1. The molecule has 8 heteroatoms. The molecule has 1 amide bonds. The SMILES string of the molecule is Cc1nc(C)c(C(=O)C2=C(O)C(=O)N(Cc3cccnc3)[C@@H]2c2ccccc2F)s1. The fourth-order valence-corrected chi connectivity index (χ4v) is 4.50. The van der Waals surface area contributed by atoms with Crippen LogP contribution >= 0.6 is 11.3 Å². The molecule has 1 aliphatic heterocycles. The number of thiazole rings is 1. The summed E-state index contributed by atoms with van der Waals surface area (Å²) in [6, 6.07) is 8.37. The highest BCUT2D eigenvalue weighted by molar-refractivity contribution is 7.14. The number of carbonyl (C=O) groups is 2. The first kappa shape index (κ1) is 19.9. The molecule has 0 spiro atoms. The van der Waals surface area contributed by atoms with Crippen molar-refractivity contribution in [1.29, 1.82) is 0 Å². The summed E-state index contributed by atoms with van der Waals surface area (Å²) in [6.07, 6.45) is 3.18. The fourth-order valence-electron chi connectivity index (χ4n) is 3.62. The zero-order chi connectivity index (χ0) is 21.4. The molecule has 1 N–H and O–H groups in total. The number of hydrogen-bond acceptors (Lipinski definition) is 6. The summed E-state index contributed by atoms with van der Waals surface area (Å²) in [7, 11) is 0. The molecule has 3 heterocycles. The predicted octanol–water partition coefficient (Wildman–Crippen LogP) is 4.07. The summed E-state index contributed by atoms with van der Waals surface area (Å²) < 4.78 is 14.8. The minimum atomic E-state index is -1.06. The van der Waals surface area contributed by atoms with Crippen LogP contribution < -0.4 is 0 Å². The smallest absolute Gasteiger partial charge is 0.290 e. The maximum atomic E-state index is 14.8. The predicted molar refractivity (Wildman–Crippen MR) is 110 cm³/mol. The van der Waals surface area contributed by atoms with Crippen LogP contribution in [-0.4, -0.2) is 31.7 Å². The van der Waals surface area contributed by atoms with Gasteiger partial charge >= 0.3 is 0 Å². The molecule has 3 aromatic rings. The molecule has 0 unspecified atom stereocenters. The number of amides is 1. The Morgan fingerprint density at radius 3 is 2.63 bits per heavy atom. The average Bonchev–Trinajstić information content (AvgIpc) is 3.19. The Labute approximate surface area is 176 Å². The van der Waals surface area contributed by atoms with Crippen LogP contribution in [0.5, 0.6) is 0 Å². The maximum absolute atomic E-state index is 14.8. The fraction of sp³-hybridized carbons (Fsp3) is 0.182.